The highest BCUT2D eigenvalue weighted by molar-refractivity contribution is 6.30. The number of amides is 1. The van der Waals surface area contributed by atoms with Crippen molar-refractivity contribution in [2.24, 2.45) is 5.10 Å². The number of nitrogens with one attached hydrogen (secondary N) is 1. The van der Waals surface area contributed by atoms with Crippen molar-refractivity contribution in [1.29, 1.82) is 0 Å². The molecule has 0 unspecified atom stereocenters. The summed E-state index contributed by atoms with van der Waals surface area (Å²) < 4.78 is 10.1. The molecule has 0 saturated heterocycles. The standard InChI is InChI=1S/C16H14ClN3O5/c1-24-14-8-15(25-2)13(20(22)23)7-11(14)9-18-19-16(21)10-3-5-12(17)6-4-10/h3-9H,1-2H3,(H,19,21)/b18-9-. The molecule has 0 aliphatic rings. The number of benzene rings is 2. The summed E-state index contributed by atoms with van der Waals surface area (Å²) in [4.78, 5) is 22.5. The Kier molecular flexibility index (Phi) is 5.91. The van der Waals surface area contributed by atoms with Crippen molar-refractivity contribution in [1.82, 2.24) is 5.43 Å². The Bertz CT molecular complexity index is 821. The Morgan fingerprint density at radius 2 is 1.84 bits per heavy atom. The van der Waals surface area contributed by atoms with Crippen LogP contribution in [-0.4, -0.2) is 31.3 Å². The maximum atomic E-state index is 11.9. The van der Waals surface area contributed by atoms with Crippen molar-refractivity contribution in [2.45, 2.75) is 0 Å². The molecule has 130 valence electrons. The number of nitro benzene ring substituents is 1. The average Bonchev–Trinajstić information content (AvgIpc) is 2.61. The zero-order valence-electron chi connectivity index (χ0n) is 13.4. The quantitative estimate of drug-likeness (QED) is 0.482. The van der Waals surface area contributed by atoms with Gasteiger partial charge in [-0.05, 0) is 24.3 Å². The molecule has 0 fully saturated rings. The highest BCUT2D eigenvalue weighted by Crippen LogP contribution is 2.33. The molecule has 0 aromatic heterocycles. The van der Waals surface area contributed by atoms with Gasteiger partial charge in [-0.15, -0.1) is 0 Å². The van der Waals surface area contributed by atoms with E-state index in [9.17, 15) is 14.9 Å². The number of ether oxygens (including phenoxy) is 2. The van der Waals surface area contributed by atoms with Crippen LogP contribution in [0.25, 0.3) is 0 Å². The molecule has 2 aromatic carbocycles. The number of hydrogen-bond donors (Lipinski definition) is 1. The second-order valence-corrected chi connectivity index (χ2v) is 5.17. The second-order valence-electron chi connectivity index (χ2n) is 4.73. The van der Waals surface area contributed by atoms with E-state index in [-0.39, 0.29) is 11.4 Å². The molecule has 0 radical (unpaired) electrons. The lowest BCUT2D eigenvalue weighted by atomic mass is 10.1. The lowest BCUT2D eigenvalue weighted by molar-refractivity contribution is -0.385. The summed E-state index contributed by atoms with van der Waals surface area (Å²) >= 11 is 5.76. The summed E-state index contributed by atoms with van der Waals surface area (Å²) in [6.45, 7) is 0. The fraction of sp³-hybridized carbons (Fsp3) is 0.125. The van der Waals surface area contributed by atoms with Gasteiger partial charge < -0.3 is 9.47 Å². The minimum absolute atomic E-state index is 0.0594. The van der Waals surface area contributed by atoms with Gasteiger partial charge in [0.05, 0.1) is 25.4 Å². The maximum Gasteiger partial charge on any atom is 0.311 e. The Balaban J connectivity index is 2.22. The molecule has 0 bridgehead atoms. The number of halogens is 1. The molecule has 0 saturated carbocycles. The lowest BCUT2D eigenvalue weighted by Crippen LogP contribution is -2.17. The summed E-state index contributed by atoms with van der Waals surface area (Å²) in [6.07, 6.45) is 1.25. The molecule has 1 N–H and O–H groups in total. The molecular weight excluding hydrogens is 350 g/mol. The number of carbonyl (C=O) groups is 1. The third kappa shape index (κ3) is 4.45. The number of methoxy groups -OCH3 is 2. The smallest absolute Gasteiger partial charge is 0.311 e. The maximum absolute atomic E-state index is 11.9. The first-order chi connectivity index (χ1) is 12.0. The van der Waals surface area contributed by atoms with Gasteiger partial charge in [0, 0.05) is 28.3 Å². The number of hydrazone groups is 1. The van der Waals surface area contributed by atoms with Crippen LogP contribution in [0.2, 0.25) is 5.02 Å². The molecular formula is C16H14ClN3O5. The first kappa shape index (κ1) is 18.2. The van der Waals surface area contributed by atoms with Gasteiger partial charge in [-0.2, -0.15) is 5.10 Å². The number of nitrogens with zero attached hydrogens (tertiary/aromatic N) is 2. The molecule has 0 heterocycles. The molecule has 0 aliphatic heterocycles. The first-order valence-corrected chi connectivity index (χ1v) is 7.33. The lowest BCUT2D eigenvalue weighted by Gasteiger charge is -2.08. The molecule has 0 atom stereocenters. The Hall–Kier alpha value is -3.13. The highest BCUT2D eigenvalue weighted by atomic mass is 35.5. The van der Waals surface area contributed by atoms with E-state index >= 15 is 0 Å². The summed E-state index contributed by atoms with van der Waals surface area (Å²) in [5, 5.41) is 15.4. The number of nitro groups is 1. The van der Waals surface area contributed by atoms with E-state index in [1.165, 1.54) is 32.6 Å². The number of rotatable bonds is 6. The molecule has 9 heteroatoms. The van der Waals surface area contributed by atoms with Crippen LogP contribution in [0.15, 0.2) is 41.5 Å². The van der Waals surface area contributed by atoms with Crippen molar-refractivity contribution in [2.75, 3.05) is 14.2 Å². The highest BCUT2D eigenvalue weighted by Gasteiger charge is 2.18. The van der Waals surface area contributed by atoms with Crippen molar-refractivity contribution < 1.29 is 19.2 Å². The monoisotopic (exact) mass is 363 g/mol. The van der Waals surface area contributed by atoms with Crippen LogP contribution in [0.3, 0.4) is 0 Å². The molecule has 25 heavy (non-hydrogen) atoms. The van der Waals surface area contributed by atoms with Gasteiger partial charge in [0.15, 0.2) is 0 Å². The Labute approximate surface area is 148 Å². The van der Waals surface area contributed by atoms with Crippen LogP contribution in [0, 0.1) is 10.1 Å². The molecule has 2 aromatic rings. The van der Waals surface area contributed by atoms with Crippen molar-refractivity contribution in [3.8, 4) is 11.5 Å². The largest absolute Gasteiger partial charge is 0.496 e. The van der Waals surface area contributed by atoms with Crippen LogP contribution in [0.4, 0.5) is 5.69 Å². The summed E-state index contributed by atoms with van der Waals surface area (Å²) in [6, 6.07) is 8.88. The Morgan fingerprint density at radius 3 is 2.40 bits per heavy atom. The SMILES string of the molecule is COc1cc(OC)c([N+](=O)[O-])cc1/C=N\NC(=O)c1ccc(Cl)cc1. The van der Waals surface area contributed by atoms with Gasteiger partial charge in [0.25, 0.3) is 5.91 Å². The van der Waals surface area contributed by atoms with E-state index < -0.39 is 10.8 Å². The van der Waals surface area contributed by atoms with E-state index in [2.05, 4.69) is 10.5 Å². The van der Waals surface area contributed by atoms with E-state index in [1.54, 1.807) is 24.3 Å². The van der Waals surface area contributed by atoms with Gasteiger partial charge in [0.2, 0.25) is 5.75 Å². The van der Waals surface area contributed by atoms with E-state index in [4.69, 9.17) is 21.1 Å². The minimum Gasteiger partial charge on any atom is -0.496 e. The minimum atomic E-state index is -0.581. The molecule has 8 nitrogen and oxygen atoms in total. The number of hydrogen-bond acceptors (Lipinski definition) is 6. The van der Waals surface area contributed by atoms with E-state index in [0.717, 1.165) is 0 Å². The summed E-state index contributed by atoms with van der Waals surface area (Å²) in [5.74, 6) is -0.0777. The summed E-state index contributed by atoms with van der Waals surface area (Å²) in [5.41, 5.74) is 2.77. The molecule has 1 amide bonds. The van der Waals surface area contributed by atoms with Gasteiger partial charge in [0.1, 0.15) is 5.75 Å². The fourth-order valence-corrected chi connectivity index (χ4v) is 2.10. The Morgan fingerprint density at radius 1 is 1.20 bits per heavy atom. The van der Waals surface area contributed by atoms with Gasteiger partial charge in [-0.3, -0.25) is 14.9 Å². The zero-order chi connectivity index (χ0) is 18.4. The molecule has 0 spiro atoms. The van der Waals surface area contributed by atoms with Gasteiger partial charge in [-0.1, -0.05) is 11.6 Å². The van der Waals surface area contributed by atoms with Crippen LogP contribution in [-0.2, 0) is 0 Å². The number of carbonyl (C=O) groups excluding carboxylic acids is 1. The normalized spacial score (nSPS) is 10.5. The van der Waals surface area contributed by atoms with E-state index in [1.807, 2.05) is 0 Å². The third-order valence-corrected chi connectivity index (χ3v) is 3.46. The predicted molar refractivity (Wildman–Crippen MR) is 92.7 cm³/mol. The van der Waals surface area contributed by atoms with Crippen molar-refractivity contribution >= 4 is 29.4 Å². The third-order valence-electron chi connectivity index (χ3n) is 3.20. The van der Waals surface area contributed by atoms with Gasteiger partial charge in [-0.25, -0.2) is 5.43 Å². The predicted octanol–water partition coefficient (Wildman–Crippen LogP) is 3.03. The van der Waals surface area contributed by atoms with Gasteiger partial charge >= 0.3 is 5.69 Å². The topological polar surface area (TPSA) is 103 Å². The first-order valence-electron chi connectivity index (χ1n) is 6.95. The fourth-order valence-electron chi connectivity index (χ4n) is 1.98. The van der Waals surface area contributed by atoms with Crippen molar-refractivity contribution in [3.63, 3.8) is 0 Å². The van der Waals surface area contributed by atoms with Crippen LogP contribution < -0.4 is 14.9 Å². The van der Waals surface area contributed by atoms with Crippen LogP contribution in [0.5, 0.6) is 11.5 Å². The second kappa shape index (κ2) is 8.11. The van der Waals surface area contributed by atoms with Crippen LogP contribution >= 0.6 is 11.6 Å². The molecule has 2 rings (SSSR count). The van der Waals surface area contributed by atoms with Crippen molar-refractivity contribution in [3.05, 3.63) is 62.7 Å². The summed E-state index contributed by atoms with van der Waals surface area (Å²) in [7, 11) is 2.73. The molecule has 0 aliphatic carbocycles. The van der Waals surface area contributed by atoms with Crippen LogP contribution in [0.1, 0.15) is 15.9 Å². The zero-order valence-corrected chi connectivity index (χ0v) is 14.1. The average molecular weight is 364 g/mol. The van der Waals surface area contributed by atoms with E-state index in [0.29, 0.717) is 21.9 Å².